The number of hydrogen-bond donors (Lipinski definition) is 2. The number of aromatic nitrogens is 3. The van der Waals surface area contributed by atoms with Crippen molar-refractivity contribution in [1.29, 1.82) is 0 Å². The van der Waals surface area contributed by atoms with Crippen LogP contribution in [0.4, 0.5) is 11.4 Å². The average Bonchev–Trinajstić information content (AvgIpc) is 3.52. The van der Waals surface area contributed by atoms with Gasteiger partial charge in [0.2, 0.25) is 6.17 Å². The van der Waals surface area contributed by atoms with E-state index in [1.165, 1.54) is 11.3 Å². The summed E-state index contributed by atoms with van der Waals surface area (Å²) in [7, 11) is 2.07. The molecule has 5 aromatic rings. The molecule has 1 atom stereocenters. The van der Waals surface area contributed by atoms with Crippen LogP contribution in [0.1, 0.15) is 27.0 Å². The third kappa shape index (κ3) is 3.99. The summed E-state index contributed by atoms with van der Waals surface area (Å²) in [4.78, 5) is 38.8. The van der Waals surface area contributed by atoms with Crippen LogP contribution in [0, 0.1) is 0 Å². The lowest BCUT2D eigenvalue weighted by atomic mass is 10.0. The number of likely N-dealkylation sites (N-methyl/N-ethyl adjacent to an activating group) is 1. The number of aliphatic imine (C=N–C) groups is 1. The van der Waals surface area contributed by atoms with Crippen molar-refractivity contribution >= 4 is 34.5 Å². The molecule has 0 aliphatic carbocycles. The maximum atomic E-state index is 14.0. The van der Waals surface area contributed by atoms with Crippen molar-refractivity contribution in [2.75, 3.05) is 23.8 Å². The number of fused-ring (bicyclic) bond motifs is 3. The molecule has 2 aliphatic rings. The molecule has 4 heterocycles. The zero-order chi connectivity index (χ0) is 27.2. The van der Waals surface area contributed by atoms with Crippen molar-refractivity contribution in [3.63, 3.8) is 0 Å². The van der Waals surface area contributed by atoms with Gasteiger partial charge in [-0.05, 0) is 36.2 Å². The van der Waals surface area contributed by atoms with Crippen LogP contribution in [0.3, 0.4) is 0 Å². The Bertz CT molecular complexity index is 1830. The molecule has 1 unspecified atom stereocenters. The third-order valence-corrected chi connectivity index (χ3v) is 7.36. The Labute approximate surface area is 230 Å². The van der Waals surface area contributed by atoms with E-state index in [9.17, 15) is 9.59 Å². The van der Waals surface area contributed by atoms with E-state index < -0.39 is 18.0 Å². The van der Waals surface area contributed by atoms with Crippen molar-refractivity contribution in [2.45, 2.75) is 12.6 Å². The molecule has 2 N–H and O–H groups in total. The van der Waals surface area contributed by atoms with Gasteiger partial charge in [0.15, 0.2) is 5.65 Å². The van der Waals surface area contributed by atoms with Crippen molar-refractivity contribution in [1.82, 2.24) is 19.9 Å². The second kappa shape index (κ2) is 9.46. The van der Waals surface area contributed by atoms with Gasteiger partial charge in [0, 0.05) is 48.4 Å². The van der Waals surface area contributed by atoms with Crippen LogP contribution in [-0.2, 0) is 11.2 Å². The molecule has 2 amide bonds. The largest absolute Gasteiger partial charge is 0.374 e. The monoisotopic (exact) mass is 527 g/mol. The fourth-order valence-electron chi connectivity index (χ4n) is 5.39. The minimum absolute atomic E-state index is 0.290. The third-order valence-electron chi connectivity index (χ3n) is 7.36. The molecule has 2 aliphatic heterocycles. The lowest BCUT2D eigenvalue weighted by Gasteiger charge is -2.14. The topological polar surface area (TPSA) is 104 Å². The highest BCUT2D eigenvalue weighted by atomic mass is 16.2. The summed E-state index contributed by atoms with van der Waals surface area (Å²) in [6.07, 6.45) is 3.13. The van der Waals surface area contributed by atoms with E-state index in [0.29, 0.717) is 22.7 Å². The van der Waals surface area contributed by atoms with Crippen molar-refractivity contribution in [3.8, 4) is 11.3 Å². The van der Waals surface area contributed by atoms with Crippen LogP contribution in [-0.4, -0.2) is 51.9 Å². The number of para-hydroxylation sites is 1. The molecule has 9 nitrogen and oxygen atoms in total. The van der Waals surface area contributed by atoms with Crippen molar-refractivity contribution in [3.05, 3.63) is 114 Å². The van der Waals surface area contributed by atoms with Gasteiger partial charge in [0.05, 0.1) is 11.4 Å². The second-order valence-corrected chi connectivity index (χ2v) is 9.88. The predicted octanol–water partition coefficient (Wildman–Crippen LogP) is 3.93. The maximum absolute atomic E-state index is 14.0. The van der Waals surface area contributed by atoms with Gasteiger partial charge in [-0.15, -0.1) is 0 Å². The Balaban J connectivity index is 1.31. The predicted molar refractivity (Wildman–Crippen MR) is 154 cm³/mol. The summed E-state index contributed by atoms with van der Waals surface area (Å²) in [6.45, 7) is 0.944. The van der Waals surface area contributed by atoms with Gasteiger partial charge in [0.1, 0.15) is 11.3 Å². The smallest absolute Gasteiger partial charge is 0.269 e. The minimum atomic E-state index is -1.17. The Hall–Kier alpha value is -5.31. The van der Waals surface area contributed by atoms with E-state index >= 15 is 0 Å². The van der Waals surface area contributed by atoms with E-state index in [-0.39, 0.29) is 5.56 Å². The van der Waals surface area contributed by atoms with Crippen LogP contribution in [0.15, 0.2) is 96.2 Å². The quantitative estimate of drug-likeness (QED) is 0.369. The fraction of sp³-hybridized carbons (Fsp3) is 0.129. The molecule has 0 saturated carbocycles. The molecule has 0 bridgehead atoms. The SMILES string of the molecule is CN1CCc2cc(-c3nn4cccnc4c3C(=O)NC3N=C(c4ccccc4)c4ccccc4NC3=O)ccc21. The molecule has 7 rings (SSSR count). The summed E-state index contributed by atoms with van der Waals surface area (Å²) < 4.78 is 1.59. The normalized spacial score (nSPS) is 16.1. The Morgan fingerprint density at radius 1 is 1.00 bits per heavy atom. The molecule has 40 heavy (non-hydrogen) atoms. The first-order chi connectivity index (χ1) is 19.6. The first kappa shape index (κ1) is 23.8. The van der Waals surface area contributed by atoms with Gasteiger partial charge in [-0.1, -0.05) is 54.6 Å². The highest BCUT2D eigenvalue weighted by molar-refractivity contribution is 6.20. The zero-order valence-electron chi connectivity index (χ0n) is 21.7. The number of rotatable bonds is 4. The Morgan fingerprint density at radius 2 is 1.82 bits per heavy atom. The summed E-state index contributed by atoms with van der Waals surface area (Å²) >= 11 is 0. The number of nitrogens with zero attached hydrogens (tertiary/aromatic N) is 5. The van der Waals surface area contributed by atoms with Crippen LogP contribution in [0.5, 0.6) is 0 Å². The molecular weight excluding hydrogens is 502 g/mol. The van der Waals surface area contributed by atoms with Crippen LogP contribution in [0.25, 0.3) is 16.9 Å². The van der Waals surface area contributed by atoms with E-state index in [4.69, 9.17) is 10.1 Å². The molecule has 0 fully saturated rings. The van der Waals surface area contributed by atoms with Crippen LogP contribution >= 0.6 is 0 Å². The lowest BCUT2D eigenvalue weighted by Crippen LogP contribution is -2.42. The molecular formula is C31H25N7O2. The van der Waals surface area contributed by atoms with Gasteiger partial charge in [-0.2, -0.15) is 5.10 Å². The second-order valence-electron chi connectivity index (χ2n) is 9.88. The number of anilines is 2. The van der Waals surface area contributed by atoms with Crippen molar-refractivity contribution in [2.24, 2.45) is 4.99 Å². The van der Waals surface area contributed by atoms with Gasteiger partial charge in [-0.3, -0.25) is 9.59 Å². The molecule has 2 aromatic heterocycles. The number of benzodiazepines with no additional fused rings is 1. The summed E-state index contributed by atoms with van der Waals surface area (Å²) in [5.41, 5.74) is 7.24. The minimum Gasteiger partial charge on any atom is -0.374 e. The standard InChI is InChI=1S/C31H25N7O2/c1-37-17-14-20-18-21(12-13-24(20)37)27-25(29-32-15-7-16-38(29)36-27)30(39)35-28-31(40)33-23-11-6-5-10-22(23)26(34-28)19-8-3-2-4-9-19/h2-13,15-16,18,28H,14,17H2,1H3,(H,33,40)(H,35,39). The lowest BCUT2D eigenvalue weighted by molar-refractivity contribution is -0.117. The summed E-state index contributed by atoms with van der Waals surface area (Å²) in [5.74, 6) is -0.915. The first-order valence-electron chi connectivity index (χ1n) is 13.1. The maximum Gasteiger partial charge on any atom is 0.269 e. The number of amides is 2. The molecule has 196 valence electrons. The van der Waals surface area contributed by atoms with Gasteiger partial charge in [-0.25, -0.2) is 14.5 Å². The van der Waals surface area contributed by atoms with Gasteiger partial charge < -0.3 is 15.5 Å². The van der Waals surface area contributed by atoms with E-state index in [2.05, 4.69) is 39.7 Å². The van der Waals surface area contributed by atoms with E-state index in [0.717, 1.165) is 29.7 Å². The number of carbonyl (C=O) groups is 2. The molecule has 0 spiro atoms. The van der Waals surface area contributed by atoms with Gasteiger partial charge in [0.25, 0.3) is 11.8 Å². The fourth-order valence-corrected chi connectivity index (χ4v) is 5.39. The Morgan fingerprint density at radius 3 is 2.70 bits per heavy atom. The summed E-state index contributed by atoms with van der Waals surface area (Å²) in [5, 5.41) is 10.5. The molecule has 0 saturated heterocycles. The highest BCUT2D eigenvalue weighted by Gasteiger charge is 2.30. The number of hydrogen-bond acceptors (Lipinski definition) is 6. The van der Waals surface area contributed by atoms with Crippen molar-refractivity contribution < 1.29 is 9.59 Å². The van der Waals surface area contributed by atoms with Crippen LogP contribution in [0.2, 0.25) is 0 Å². The summed E-state index contributed by atoms with van der Waals surface area (Å²) in [6, 6.07) is 25.0. The number of nitrogens with one attached hydrogen (secondary N) is 2. The van der Waals surface area contributed by atoms with Gasteiger partial charge >= 0.3 is 0 Å². The average molecular weight is 528 g/mol. The first-order valence-corrected chi connectivity index (χ1v) is 13.1. The molecule has 0 radical (unpaired) electrons. The number of benzene rings is 3. The van der Waals surface area contributed by atoms with Crippen LogP contribution < -0.4 is 15.5 Å². The number of carbonyl (C=O) groups excluding carboxylic acids is 2. The highest BCUT2D eigenvalue weighted by Crippen LogP contribution is 2.33. The van der Waals surface area contributed by atoms with E-state index in [1.807, 2.05) is 60.7 Å². The van der Waals surface area contributed by atoms with E-state index in [1.54, 1.807) is 23.0 Å². The Kier molecular flexibility index (Phi) is 5.62. The zero-order valence-corrected chi connectivity index (χ0v) is 21.7. The molecule has 9 heteroatoms. The molecule has 3 aromatic carbocycles.